The zero-order valence-electron chi connectivity index (χ0n) is 9.20. The van der Waals surface area contributed by atoms with Gasteiger partial charge in [0.25, 0.3) is 0 Å². The molecule has 0 saturated heterocycles. The van der Waals surface area contributed by atoms with E-state index in [1.165, 1.54) is 11.5 Å². The predicted molar refractivity (Wildman–Crippen MR) is 67.9 cm³/mol. The second-order valence-electron chi connectivity index (χ2n) is 3.23. The van der Waals surface area contributed by atoms with E-state index in [9.17, 15) is 0 Å². The Hall–Kier alpha value is -1.57. The third-order valence-electron chi connectivity index (χ3n) is 2.16. The largest absolute Gasteiger partial charge is 0.372 e. The van der Waals surface area contributed by atoms with Gasteiger partial charge < -0.3 is 10.1 Å². The average molecular weight is 232 g/mol. The fourth-order valence-corrected chi connectivity index (χ4v) is 2.23. The van der Waals surface area contributed by atoms with E-state index in [2.05, 4.69) is 27.6 Å². The van der Waals surface area contributed by atoms with Crippen molar-refractivity contribution in [2.45, 2.75) is 0 Å². The molecule has 2 aromatic rings. The summed E-state index contributed by atoms with van der Waals surface area (Å²) >= 11 is 1.48. The van der Waals surface area contributed by atoms with E-state index in [4.69, 9.17) is 4.74 Å². The molecule has 82 valence electrons. The number of nitrogens with zero attached hydrogens (tertiary/aromatic N) is 1. The standard InChI is InChI=1S/C12H12N2OS/c1-13-12-10-6-5-9(4-3-7-15-2)8-11(10)16-14-12/h5-6,8H,7H2,1-2H3,(H,13,14). The number of rotatable bonds is 2. The maximum atomic E-state index is 4.88. The zero-order chi connectivity index (χ0) is 11.4. The normalized spacial score (nSPS) is 9.88. The van der Waals surface area contributed by atoms with Crippen LogP contribution >= 0.6 is 11.5 Å². The lowest BCUT2D eigenvalue weighted by molar-refractivity contribution is 0.240. The molecule has 1 aromatic heterocycles. The van der Waals surface area contributed by atoms with Crippen LogP contribution in [0.2, 0.25) is 0 Å². The number of anilines is 1. The van der Waals surface area contributed by atoms with Crippen LogP contribution in [0.3, 0.4) is 0 Å². The highest BCUT2D eigenvalue weighted by Crippen LogP contribution is 2.26. The van der Waals surface area contributed by atoms with E-state index in [0.29, 0.717) is 6.61 Å². The number of hydrogen-bond acceptors (Lipinski definition) is 4. The van der Waals surface area contributed by atoms with Gasteiger partial charge >= 0.3 is 0 Å². The summed E-state index contributed by atoms with van der Waals surface area (Å²) < 4.78 is 10.3. The molecule has 0 aliphatic rings. The second kappa shape index (κ2) is 4.97. The summed E-state index contributed by atoms with van der Waals surface area (Å²) in [7, 11) is 3.51. The minimum absolute atomic E-state index is 0.461. The fraction of sp³-hybridized carbons (Fsp3) is 0.250. The number of nitrogens with one attached hydrogen (secondary N) is 1. The first-order valence-electron chi connectivity index (χ1n) is 4.90. The van der Waals surface area contributed by atoms with Gasteiger partial charge in [0.1, 0.15) is 12.4 Å². The molecule has 0 spiro atoms. The van der Waals surface area contributed by atoms with Gasteiger partial charge in [-0.25, -0.2) is 0 Å². The molecule has 0 radical (unpaired) electrons. The number of aromatic nitrogens is 1. The summed E-state index contributed by atoms with van der Waals surface area (Å²) in [5, 5.41) is 4.21. The molecular weight excluding hydrogens is 220 g/mol. The van der Waals surface area contributed by atoms with Gasteiger partial charge in [-0.2, -0.15) is 4.37 Å². The van der Waals surface area contributed by atoms with Gasteiger partial charge in [0.15, 0.2) is 0 Å². The second-order valence-corrected chi connectivity index (χ2v) is 4.03. The highest BCUT2D eigenvalue weighted by atomic mass is 32.1. The van der Waals surface area contributed by atoms with E-state index in [-0.39, 0.29) is 0 Å². The highest BCUT2D eigenvalue weighted by Gasteiger charge is 2.03. The van der Waals surface area contributed by atoms with Crippen LogP contribution in [0, 0.1) is 11.8 Å². The first kappa shape index (κ1) is 10.9. The molecule has 1 heterocycles. The van der Waals surface area contributed by atoms with Crippen LogP contribution in [0.5, 0.6) is 0 Å². The summed E-state index contributed by atoms with van der Waals surface area (Å²) in [6.07, 6.45) is 0. The Morgan fingerprint density at radius 3 is 3.12 bits per heavy atom. The lowest BCUT2D eigenvalue weighted by Gasteiger charge is -1.94. The molecule has 2 rings (SSSR count). The number of benzene rings is 1. The van der Waals surface area contributed by atoms with Gasteiger partial charge in [-0.3, -0.25) is 0 Å². The molecule has 0 amide bonds. The number of methoxy groups -OCH3 is 1. The van der Waals surface area contributed by atoms with Gasteiger partial charge in [0.2, 0.25) is 0 Å². The third kappa shape index (κ3) is 2.16. The van der Waals surface area contributed by atoms with Gasteiger partial charge in [0, 0.05) is 25.1 Å². The Labute approximate surface area is 98.6 Å². The average Bonchev–Trinajstić information content (AvgIpc) is 2.71. The molecule has 0 bridgehead atoms. The summed E-state index contributed by atoms with van der Waals surface area (Å²) in [5.74, 6) is 6.91. The lowest BCUT2D eigenvalue weighted by atomic mass is 10.2. The Balaban J connectivity index is 2.35. The topological polar surface area (TPSA) is 34.2 Å². The summed E-state index contributed by atoms with van der Waals surface area (Å²) in [5.41, 5.74) is 0.996. The van der Waals surface area contributed by atoms with E-state index >= 15 is 0 Å². The maximum Gasteiger partial charge on any atom is 0.147 e. The van der Waals surface area contributed by atoms with Crippen LogP contribution < -0.4 is 5.32 Å². The molecule has 0 unspecified atom stereocenters. The Morgan fingerprint density at radius 2 is 2.38 bits per heavy atom. The van der Waals surface area contributed by atoms with Crippen molar-refractivity contribution in [1.29, 1.82) is 0 Å². The maximum absolute atomic E-state index is 4.88. The number of ether oxygens (including phenoxy) is 1. The van der Waals surface area contributed by atoms with Crippen LogP contribution in [-0.4, -0.2) is 25.1 Å². The molecule has 0 aliphatic heterocycles. The quantitative estimate of drug-likeness (QED) is 0.807. The van der Waals surface area contributed by atoms with Gasteiger partial charge in [-0.05, 0) is 29.7 Å². The van der Waals surface area contributed by atoms with Crippen molar-refractivity contribution in [3.05, 3.63) is 23.8 Å². The van der Waals surface area contributed by atoms with E-state index in [1.54, 1.807) is 7.11 Å². The van der Waals surface area contributed by atoms with Gasteiger partial charge in [-0.1, -0.05) is 11.8 Å². The van der Waals surface area contributed by atoms with Crippen molar-refractivity contribution in [3.63, 3.8) is 0 Å². The van der Waals surface area contributed by atoms with Crippen LogP contribution in [-0.2, 0) is 4.74 Å². The molecule has 1 aromatic carbocycles. The predicted octanol–water partition coefficient (Wildman–Crippen LogP) is 2.34. The van der Waals surface area contributed by atoms with E-state index in [0.717, 1.165) is 21.5 Å². The lowest BCUT2D eigenvalue weighted by Crippen LogP contribution is -1.87. The number of fused-ring (bicyclic) bond motifs is 1. The minimum Gasteiger partial charge on any atom is -0.372 e. The van der Waals surface area contributed by atoms with E-state index in [1.807, 2.05) is 19.2 Å². The van der Waals surface area contributed by atoms with Crippen LogP contribution in [0.25, 0.3) is 10.1 Å². The SMILES string of the molecule is CNc1nsc2cc(C#CCOC)ccc12. The van der Waals surface area contributed by atoms with Gasteiger partial charge in [-0.15, -0.1) is 0 Å². The van der Waals surface area contributed by atoms with Gasteiger partial charge in [0.05, 0.1) is 4.70 Å². The molecule has 3 nitrogen and oxygen atoms in total. The summed E-state index contributed by atoms with van der Waals surface area (Å²) in [6.45, 7) is 0.461. The molecule has 4 heteroatoms. The highest BCUT2D eigenvalue weighted by molar-refractivity contribution is 7.13. The molecule has 16 heavy (non-hydrogen) atoms. The number of hydrogen-bond donors (Lipinski definition) is 1. The first-order chi connectivity index (χ1) is 7.85. The monoisotopic (exact) mass is 232 g/mol. The molecule has 0 aliphatic carbocycles. The fourth-order valence-electron chi connectivity index (χ4n) is 1.41. The minimum atomic E-state index is 0.461. The Kier molecular flexibility index (Phi) is 3.40. The molecule has 0 atom stereocenters. The molecular formula is C12H12N2OS. The van der Waals surface area contributed by atoms with Crippen molar-refractivity contribution in [3.8, 4) is 11.8 Å². The van der Waals surface area contributed by atoms with Crippen molar-refractivity contribution in [2.75, 3.05) is 26.1 Å². The van der Waals surface area contributed by atoms with Crippen LogP contribution in [0.4, 0.5) is 5.82 Å². The third-order valence-corrected chi connectivity index (χ3v) is 2.97. The summed E-state index contributed by atoms with van der Waals surface area (Å²) in [6, 6.07) is 6.10. The summed E-state index contributed by atoms with van der Waals surface area (Å²) in [4.78, 5) is 0. The smallest absolute Gasteiger partial charge is 0.147 e. The van der Waals surface area contributed by atoms with Crippen molar-refractivity contribution in [1.82, 2.24) is 4.37 Å². The van der Waals surface area contributed by atoms with Crippen LogP contribution in [0.1, 0.15) is 5.56 Å². The first-order valence-corrected chi connectivity index (χ1v) is 5.67. The Morgan fingerprint density at radius 1 is 1.50 bits per heavy atom. The van der Waals surface area contributed by atoms with E-state index < -0.39 is 0 Å². The van der Waals surface area contributed by atoms with Crippen molar-refractivity contribution < 1.29 is 4.74 Å². The van der Waals surface area contributed by atoms with Crippen molar-refractivity contribution >= 4 is 27.4 Å². The molecule has 0 fully saturated rings. The van der Waals surface area contributed by atoms with Crippen molar-refractivity contribution in [2.24, 2.45) is 0 Å². The molecule has 0 saturated carbocycles. The molecule has 1 N–H and O–H groups in total. The van der Waals surface area contributed by atoms with Crippen LogP contribution in [0.15, 0.2) is 18.2 Å². The Bertz CT molecular complexity index is 551. The zero-order valence-corrected chi connectivity index (χ0v) is 10.0.